The number of amides is 2. The van der Waals surface area contributed by atoms with E-state index in [9.17, 15) is 9.59 Å². The molecule has 19 heavy (non-hydrogen) atoms. The first-order valence-corrected chi connectivity index (χ1v) is 6.58. The zero-order valence-corrected chi connectivity index (χ0v) is 10.9. The molecule has 0 spiro atoms. The van der Waals surface area contributed by atoms with E-state index in [0.717, 1.165) is 19.3 Å². The number of hydrogen-bond donors (Lipinski definition) is 2. The van der Waals surface area contributed by atoms with Gasteiger partial charge in [-0.1, -0.05) is 12.5 Å². The molecule has 1 aliphatic rings. The number of nitrogens with one attached hydrogen (secondary N) is 1. The van der Waals surface area contributed by atoms with Gasteiger partial charge in [-0.2, -0.15) is 0 Å². The summed E-state index contributed by atoms with van der Waals surface area (Å²) in [5.41, 5.74) is 6.91. The average Bonchev–Trinajstić information content (AvgIpc) is 2.55. The van der Waals surface area contributed by atoms with Gasteiger partial charge in [0, 0.05) is 24.3 Å². The van der Waals surface area contributed by atoms with E-state index in [1.807, 2.05) is 0 Å². The lowest BCUT2D eigenvalue weighted by atomic mass is 10.2. The Bertz CT molecular complexity index is 474. The number of carbonyl (C=O) groups excluding carboxylic acids is 2. The van der Waals surface area contributed by atoms with Gasteiger partial charge in [-0.05, 0) is 31.0 Å². The maximum atomic E-state index is 11.9. The van der Waals surface area contributed by atoms with Crippen molar-refractivity contribution in [1.82, 2.24) is 4.90 Å². The van der Waals surface area contributed by atoms with Gasteiger partial charge in [0.15, 0.2) is 0 Å². The summed E-state index contributed by atoms with van der Waals surface area (Å²) in [6.07, 6.45) is 3.49. The highest BCUT2D eigenvalue weighted by Crippen LogP contribution is 2.13. The third kappa shape index (κ3) is 3.98. The van der Waals surface area contributed by atoms with Crippen molar-refractivity contribution in [3.63, 3.8) is 0 Å². The maximum absolute atomic E-state index is 11.9. The molecule has 1 aromatic rings. The molecule has 1 saturated heterocycles. The van der Waals surface area contributed by atoms with Crippen LogP contribution in [0.15, 0.2) is 24.3 Å². The van der Waals surface area contributed by atoms with Gasteiger partial charge < -0.3 is 16.0 Å². The Labute approximate surface area is 112 Å². The molecule has 0 bridgehead atoms. The van der Waals surface area contributed by atoms with Crippen molar-refractivity contribution in [3.8, 4) is 0 Å². The minimum absolute atomic E-state index is 0.0697. The molecule has 102 valence electrons. The lowest BCUT2D eigenvalue weighted by Gasteiger charge is -2.19. The number of anilines is 2. The smallest absolute Gasteiger partial charge is 0.243 e. The van der Waals surface area contributed by atoms with Crippen LogP contribution in [0.2, 0.25) is 0 Å². The van der Waals surface area contributed by atoms with E-state index < -0.39 is 0 Å². The van der Waals surface area contributed by atoms with E-state index >= 15 is 0 Å². The van der Waals surface area contributed by atoms with Crippen LogP contribution in [-0.2, 0) is 9.59 Å². The highest BCUT2D eigenvalue weighted by molar-refractivity contribution is 5.94. The van der Waals surface area contributed by atoms with Gasteiger partial charge >= 0.3 is 0 Å². The second kappa shape index (κ2) is 6.22. The molecular formula is C14H19N3O2. The number of nitrogen functional groups attached to an aromatic ring is 1. The zero-order chi connectivity index (χ0) is 13.7. The van der Waals surface area contributed by atoms with E-state index in [4.69, 9.17) is 5.73 Å². The van der Waals surface area contributed by atoms with Gasteiger partial charge in [-0.25, -0.2) is 0 Å². The van der Waals surface area contributed by atoms with Crippen molar-refractivity contribution < 1.29 is 9.59 Å². The molecule has 2 amide bonds. The Balaban J connectivity index is 1.91. The summed E-state index contributed by atoms with van der Waals surface area (Å²) >= 11 is 0. The number of benzene rings is 1. The Morgan fingerprint density at radius 1 is 1.32 bits per heavy atom. The Morgan fingerprint density at radius 3 is 2.95 bits per heavy atom. The molecule has 0 saturated carbocycles. The van der Waals surface area contributed by atoms with Gasteiger partial charge in [0.1, 0.15) is 0 Å². The summed E-state index contributed by atoms with van der Waals surface area (Å²) in [6.45, 7) is 0.789. The predicted octanol–water partition coefficient (Wildman–Crippen LogP) is 1.61. The monoisotopic (exact) mass is 261 g/mol. The van der Waals surface area contributed by atoms with E-state index in [-0.39, 0.29) is 18.4 Å². The van der Waals surface area contributed by atoms with Crippen LogP contribution >= 0.6 is 0 Å². The van der Waals surface area contributed by atoms with Crippen LogP contribution in [0.1, 0.15) is 25.7 Å². The molecule has 0 aliphatic carbocycles. The number of nitrogens with two attached hydrogens (primary N) is 1. The first kappa shape index (κ1) is 13.4. The average molecular weight is 261 g/mol. The van der Waals surface area contributed by atoms with Crippen LogP contribution < -0.4 is 11.1 Å². The number of carbonyl (C=O) groups is 2. The third-order valence-electron chi connectivity index (χ3n) is 3.18. The fraction of sp³-hybridized carbons (Fsp3) is 0.429. The van der Waals surface area contributed by atoms with Crippen LogP contribution in [0.3, 0.4) is 0 Å². The lowest BCUT2D eigenvalue weighted by molar-refractivity contribution is -0.134. The number of rotatable bonds is 3. The molecule has 5 nitrogen and oxygen atoms in total. The van der Waals surface area contributed by atoms with Crippen molar-refractivity contribution in [2.75, 3.05) is 24.1 Å². The summed E-state index contributed by atoms with van der Waals surface area (Å²) in [5.74, 6) is -0.110. The van der Waals surface area contributed by atoms with Gasteiger partial charge in [-0.15, -0.1) is 0 Å². The highest BCUT2D eigenvalue weighted by Gasteiger charge is 2.19. The molecule has 2 rings (SSSR count). The normalized spacial score (nSPS) is 16.0. The Hall–Kier alpha value is -2.04. The first-order chi connectivity index (χ1) is 9.15. The molecule has 1 fully saturated rings. The van der Waals surface area contributed by atoms with Crippen LogP contribution in [0.25, 0.3) is 0 Å². The molecule has 1 heterocycles. The molecule has 5 heteroatoms. The highest BCUT2D eigenvalue weighted by atomic mass is 16.2. The lowest BCUT2D eigenvalue weighted by Crippen LogP contribution is -2.37. The molecule has 0 radical (unpaired) electrons. The summed E-state index contributed by atoms with van der Waals surface area (Å²) in [5, 5.41) is 2.76. The molecule has 3 N–H and O–H groups in total. The fourth-order valence-electron chi connectivity index (χ4n) is 2.20. The van der Waals surface area contributed by atoms with Crippen LogP contribution in [0.5, 0.6) is 0 Å². The summed E-state index contributed by atoms with van der Waals surface area (Å²) < 4.78 is 0. The van der Waals surface area contributed by atoms with Crippen molar-refractivity contribution in [2.45, 2.75) is 25.7 Å². The molecule has 0 aromatic heterocycles. The SMILES string of the molecule is Nc1cccc(NC(=O)CN2CCCCCC2=O)c1. The quantitative estimate of drug-likeness (QED) is 0.812. The van der Waals surface area contributed by atoms with Crippen molar-refractivity contribution in [3.05, 3.63) is 24.3 Å². The fourth-order valence-corrected chi connectivity index (χ4v) is 2.20. The minimum atomic E-state index is -0.180. The molecular weight excluding hydrogens is 242 g/mol. The zero-order valence-electron chi connectivity index (χ0n) is 10.9. The van der Waals surface area contributed by atoms with Crippen LogP contribution in [0.4, 0.5) is 11.4 Å². The van der Waals surface area contributed by atoms with E-state index in [1.54, 1.807) is 29.2 Å². The van der Waals surface area contributed by atoms with Crippen molar-refractivity contribution >= 4 is 23.2 Å². The van der Waals surface area contributed by atoms with Crippen LogP contribution in [-0.4, -0.2) is 29.8 Å². The largest absolute Gasteiger partial charge is 0.399 e. The van der Waals surface area contributed by atoms with Crippen LogP contribution in [0, 0.1) is 0 Å². The summed E-state index contributed by atoms with van der Waals surface area (Å²) in [7, 11) is 0. The van der Waals surface area contributed by atoms with E-state index in [2.05, 4.69) is 5.32 Å². The van der Waals surface area contributed by atoms with Gasteiger partial charge in [0.05, 0.1) is 6.54 Å². The third-order valence-corrected chi connectivity index (χ3v) is 3.18. The summed E-state index contributed by atoms with van der Waals surface area (Å²) in [6, 6.07) is 7.01. The minimum Gasteiger partial charge on any atom is -0.399 e. The van der Waals surface area contributed by atoms with Gasteiger partial charge in [0.25, 0.3) is 0 Å². The Kier molecular flexibility index (Phi) is 4.39. The molecule has 1 aliphatic heterocycles. The van der Waals surface area contributed by atoms with E-state index in [1.165, 1.54) is 0 Å². The number of likely N-dealkylation sites (tertiary alicyclic amines) is 1. The van der Waals surface area contributed by atoms with E-state index in [0.29, 0.717) is 24.3 Å². The second-order valence-electron chi connectivity index (χ2n) is 4.80. The maximum Gasteiger partial charge on any atom is 0.243 e. The number of nitrogens with zero attached hydrogens (tertiary/aromatic N) is 1. The predicted molar refractivity (Wildman–Crippen MR) is 74.5 cm³/mol. The first-order valence-electron chi connectivity index (χ1n) is 6.58. The molecule has 0 atom stereocenters. The van der Waals surface area contributed by atoms with Crippen molar-refractivity contribution in [2.24, 2.45) is 0 Å². The topological polar surface area (TPSA) is 75.4 Å². The standard InChI is InChI=1S/C14H19N3O2/c15-11-5-4-6-12(9-11)16-13(18)10-17-8-3-1-2-7-14(17)19/h4-6,9H,1-3,7-8,10,15H2,(H,16,18). The summed E-state index contributed by atoms with van der Waals surface area (Å²) in [4.78, 5) is 25.3. The number of hydrogen-bond acceptors (Lipinski definition) is 3. The molecule has 0 unspecified atom stereocenters. The van der Waals surface area contributed by atoms with Gasteiger partial charge in [0.2, 0.25) is 11.8 Å². The Morgan fingerprint density at radius 2 is 2.16 bits per heavy atom. The second-order valence-corrected chi connectivity index (χ2v) is 4.80. The van der Waals surface area contributed by atoms with Crippen molar-refractivity contribution in [1.29, 1.82) is 0 Å². The molecule has 1 aromatic carbocycles. The van der Waals surface area contributed by atoms with Gasteiger partial charge in [-0.3, -0.25) is 9.59 Å².